The first kappa shape index (κ1) is 6.62. The zero-order chi connectivity index (χ0) is 4.99. The van der Waals surface area contributed by atoms with E-state index in [0.29, 0.717) is 0 Å². The van der Waals surface area contributed by atoms with Crippen LogP contribution in [0.15, 0.2) is 0 Å². The Morgan fingerprint density at radius 3 is 2.17 bits per heavy atom. The summed E-state index contributed by atoms with van der Waals surface area (Å²) in [6, 6.07) is 0. The summed E-state index contributed by atoms with van der Waals surface area (Å²) in [5.41, 5.74) is 0. The Morgan fingerprint density at radius 1 is 1.67 bits per heavy atom. The van der Waals surface area contributed by atoms with Crippen LogP contribution in [0.2, 0.25) is 5.02 Å². The first-order valence-corrected chi connectivity index (χ1v) is 4.70. The Labute approximate surface area is 50.0 Å². The molecule has 0 amide bonds. The standard InChI is InChI=1S/C5H11.Zn/c1-4-5(2)3;/h5H,2,4H2,1,3H3;. The summed E-state index contributed by atoms with van der Waals surface area (Å²) >= 11 is 1.47. The van der Waals surface area contributed by atoms with Crippen LogP contribution in [0, 0.1) is 5.92 Å². The molecule has 1 atom stereocenters. The van der Waals surface area contributed by atoms with Gasteiger partial charge in [0, 0.05) is 0 Å². The molecule has 6 heavy (non-hydrogen) atoms. The van der Waals surface area contributed by atoms with Gasteiger partial charge in [0.25, 0.3) is 0 Å². The van der Waals surface area contributed by atoms with Crippen molar-refractivity contribution >= 4 is 0 Å². The van der Waals surface area contributed by atoms with E-state index >= 15 is 0 Å². The Bertz CT molecular complexity index is 23.1. The summed E-state index contributed by atoms with van der Waals surface area (Å²) in [6.07, 6.45) is 1.36. The maximum atomic E-state index is 2.31. The molecule has 0 aliphatic carbocycles. The van der Waals surface area contributed by atoms with Crippen molar-refractivity contribution in [3.63, 3.8) is 0 Å². The van der Waals surface area contributed by atoms with Gasteiger partial charge in [-0.15, -0.1) is 0 Å². The van der Waals surface area contributed by atoms with E-state index in [9.17, 15) is 0 Å². The Morgan fingerprint density at radius 2 is 2.17 bits per heavy atom. The van der Waals surface area contributed by atoms with Gasteiger partial charge in [-0.3, -0.25) is 0 Å². The van der Waals surface area contributed by atoms with Crippen LogP contribution < -0.4 is 0 Å². The topological polar surface area (TPSA) is 0 Å². The molecule has 1 heteroatoms. The molecule has 0 bridgehead atoms. The fourth-order valence-corrected chi connectivity index (χ4v) is 1.06. The van der Waals surface area contributed by atoms with E-state index in [4.69, 9.17) is 0 Å². The summed E-state index contributed by atoms with van der Waals surface area (Å²) in [4.78, 5) is 0. The minimum atomic E-state index is 0.991. The summed E-state index contributed by atoms with van der Waals surface area (Å²) in [7, 11) is 0. The third kappa shape index (κ3) is 2.84. The van der Waals surface area contributed by atoms with Crippen LogP contribution >= 0.6 is 0 Å². The third-order valence-electron chi connectivity index (χ3n) is 1.19. The molecular formula is C5H11Zn. The van der Waals surface area contributed by atoms with Gasteiger partial charge in [-0.05, 0) is 0 Å². The summed E-state index contributed by atoms with van der Waals surface area (Å²) in [5, 5.41) is 1.45. The van der Waals surface area contributed by atoms with Crippen molar-refractivity contribution < 1.29 is 18.3 Å². The van der Waals surface area contributed by atoms with Crippen molar-refractivity contribution in [1.29, 1.82) is 0 Å². The van der Waals surface area contributed by atoms with Crippen LogP contribution in [0.5, 0.6) is 0 Å². The third-order valence-corrected chi connectivity index (χ3v) is 3.26. The van der Waals surface area contributed by atoms with E-state index in [2.05, 4.69) is 13.8 Å². The predicted molar refractivity (Wildman–Crippen MR) is 24.3 cm³/mol. The molecule has 0 aromatic heterocycles. The van der Waals surface area contributed by atoms with E-state index in [1.54, 1.807) is 0 Å². The molecule has 0 aliphatic heterocycles. The fourth-order valence-electron chi connectivity index (χ4n) is 0.204. The van der Waals surface area contributed by atoms with Gasteiger partial charge in [-0.1, -0.05) is 0 Å². The van der Waals surface area contributed by atoms with E-state index in [1.807, 2.05) is 0 Å². The molecule has 1 unspecified atom stereocenters. The quantitative estimate of drug-likeness (QED) is 0.510. The van der Waals surface area contributed by atoms with E-state index < -0.39 is 0 Å². The molecule has 0 aliphatic rings. The average Bonchev–Trinajstić information content (AvgIpc) is 1.65. The average molecular weight is 137 g/mol. The van der Waals surface area contributed by atoms with Crippen LogP contribution in [-0.4, -0.2) is 0 Å². The molecule has 0 saturated carbocycles. The Hall–Kier alpha value is 0.623. The molecule has 0 fully saturated rings. The monoisotopic (exact) mass is 135 g/mol. The number of rotatable bonds is 2. The molecule has 33 valence electrons. The molecule has 0 aromatic carbocycles. The second-order valence-corrected chi connectivity index (χ2v) is 3.01. The van der Waals surface area contributed by atoms with Gasteiger partial charge in [0.2, 0.25) is 0 Å². The molecular weight excluding hydrogens is 125 g/mol. The molecule has 0 N–H and O–H groups in total. The second-order valence-electron chi connectivity index (χ2n) is 1.80. The van der Waals surface area contributed by atoms with Crippen molar-refractivity contribution in [3.8, 4) is 0 Å². The van der Waals surface area contributed by atoms with Crippen molar-refractivity contribution in [2.75, 3.05) is 0 Å². The van der Waals surface area contributed by atoms with Gasteiger partial charge in [-0.25, -0.2) is 0 Å². The maximum absolute atomic E-state index is 2.31. The van der Waals surface area contributed by atoms with Gasteiger partial charge in [0.1, 0.15) is 0 Å². The van der Waals surface area contributed by atoms with Crippen molar-refractivity contribution in [2.45, 2.75) is 25.3 Å². The minimum absolute atomic E-state index is 0.991. The van der Waals surface area contributed by atoms with Crippen molar-refractivity contribution in [2.24, 2.45) is 5.92 Å². The summed E-state index contributed by atoms with van der Waals surface area (Å²) in [5.74, 6) is 0.991. The summed E-state index contributed by atoms with van der Waals surface area (Å²) in [6.45, 7) is 4.56. The molecule has 0 heterocycles. The first-order chi connectivity index (χ1) is 2.81. The van der Waals surface area contributed by atoms with Crippen molar-refractivity contribution in [3.05, 3.63) is 0 Å². The van der Waals surface area contributed by atoms with Gasteiger partial charge in [0.15, 0.2) is 0 Å². The van der Waals surface area contributed by atoms with Gasteiger partial charge < -0.3 is 0 Å². The van der Waals surface area contributed by atoms with Crippen LogP contribution in [0.4, 0.5) is 0 Å². The Kier molecular flexibility index (Phi) is 4.20. The van der Waals surface area contributed by atoms with Crippen LogP contribution in [0.25, 0.3) is 0 Å². The molecule has 0 nitrogen and oxygen atoms in total. The van der Waals surface area contributed by atoms with Gasteiger partial charge in [0.05, 0.1) is 0 Å². The SMILES string of the molecule is CCC(C)[CH2][Zn]. The van der Waals surface area contributed by atoms with E-state index in [-0.39, 0.29) is 0 Å². The molecule has 0 saturated heterocycles. The van der Waals surface area contributed by atoms with E-state index in [0.717, 1.165) is 5.92 Å². The Balaban J connectivity index is 2.75. The zero-order valence-electron chi connectivity index (χ0n) is 4.70. The number of hydrogen-bond acceptors (Lipinski definition) is 0. The van der Waals surface area contributed by atoms with Gasteiger partial charge >= 0.3 is 49.5 Å². The molecule has 0 spiro atoms. The van der Waals surface area contributed by atoms with Crippen LogP contribution in [0.1, 0.15) is 20.3 Å². The fraction of sp³-hybridized carbons (Fsp3) is 1.00. The van der Waals surface area contributed by atoms with Crippen LogP contribution in [-0.2, 0) is 18.3 Å². The molecule has 0 aromatic rings. The van der Waals surface area contributed by atoms with E-state index in [1.165, 1.54) is 29.7 Å². The zero-order valence-corrected chi connectivity index (χ0v) is 7.67. The molecule has 0 rings (SSSR count). The first-order valence-electron chi connectivity index (χ1n) is 2.60. The van der Waals surface area contributed by atoms with Gasteiger partial charge in [-0.2, -0.15) is 0 Å². The second kappa shape index (κ2) is 3.80. The summed E-state index contributed by atoms with van der Waals surface area (Å²) < 4.78 is 0. The number of hydrogen-bond donors (Lipinski definition) is 0. The molecule has 0 radical (unpaired) electrons. The predicted octanol–water partition coefficient (Wildman–Crippen LogP) is 2.00. The van der Waals surface area contributed by atoms with Crippen LogP contribution in [0.3, 0.4) is 0 Å². The van der Waals surface area contributed by atoms with Crippen molar-refractivity contribution in [1.82, 2.24) is 0 Å². The normalized spacial score (nSPS) is 14.7.